The molecular formula is C15H20O3S. The van der Waals surface area contributed by atoms with E-state index >= 15 is 0 Å². The van der Waals surface area contributed by atoms with Crippen LogP contribution >= 0.6 is 0 Å². The van der Waals surface area contributed by atoms with Crippen molar-refractivity contribution in [2.24, 2.45) is 0 Å². The molecule has 1 unspecified atom stereocenters. The van der Waals surface area contributed by atoms with E-state index in [9.17, 15) is 8.42 Å². The van der Waals surface area contributed by atoms with Crippen LogP contribution in [0.5, 0.6) is 0 Å². The highest BCUT2D eigenvalue weighted by atomic mass is 32.2. The lowest BCUT2D eigenvalue weighted by atomic mass is 10.0. The minimum Gasteiger partial charge on any atom is -0.263 e. The van der Waals surface area contributed by atoms with Gasteiger partial charge >= 0.3 is 0 Å². The quantitative estimate of drug-likeness (QED) is 0.627. The van der Waals surface area contributed by atoms with E-state index in [0.29, 0.717) is 6.42 Å². The van der Waals surface area contributed by atoms with E-state index in [-0.39, 0.29) is 11.0 Å². The van der Waals surface area contributed by atoms with Gasteiger partial charge in [0.1, 0.15) is 0 Å². The van der Waals surface area contributed by atoms with Crippen molar-refractivity contribution in [2.45, 2.75) is 50.0 Å². The first-order valence-corrected chi connectivity index (χ1v) is 8.14. The topological polar surface area (TPSA) is 43.4 Å². The summed E-state index contributed by atoms with van der Waals surface area (Å²) in [7, 11) is -3.64. The van der Waals surface area contributed by atoms with E-state index in [4.69, 9.17) is 4.18 Å². The van der Waals surface area contributed by atoms with E-state index in [0.717, 1.165) is 31.2 Å². The molecule has 0 heterocycles. The zero-order chi connectivity index (χ0) is 13.7. The second kappa shape index (κ2) is 6.35. The molecular weight excluding hydrogens is 260 g/mol. The highest BCUT2D eigenvalue weighted by Gasteiger charge is 2.21. The Morgan fingerprint density at radius 3 is 2.58 bits per heavy atom. The molecule has 1 aromatic carbocycles. The Balaban J connectivity index is 2.09. The summed E-state index contributed by atoms with van der Waals surface area (Å²) < 4.78 is 29.7. The van der Waals surface area contributed by atoms with Gasteiger partial charge in [0.05, 0.1) is 11.0 Å². The smallest absolute Gasteiger partial charge is 0.263 e. The third-order valence-electron chi connectivity index (χ3n) is 3.28. The molecule has 0 saturated carbocycles. The number of aryl methyl sites for hydroxylation is 1. The fourth-order valence-corrected chi connectivity index (χ4v) is 3.26. The molecule has 0 radical (unpaired) electrons. The van der Waals surface area contributed by atoms with E-state index in [2.05, 4.69) is 6.08 Å². The van der Waals surface area contributed by atoms with Crippen molar-refractivity contribution in [3.8, 4) is 0 Å². The summed E-state index contributed by atoms with van der Waals surface area (Å²) in [4.78, 5) is 0.240. The number of hydrogen-bond donors (Lipinski definition) is 0. The van der Waals surface area contributed by atoms with Crippen molar-refractivity contribution in [1.29, 1.82) is 0 Å². The van der Waals surface area contributed by atoms with Crippen LogP contribution in [0.4, 0.5) is 0 Å². The summed E-state index contributed by atoms with van der Waals surface area (Å²) in [5.41, 5.74) is 1.04. The molecule has 3 nitrogen and oxygen atoms in total. The Kier molecular flexibility index (Phi) is 4.77. The van der Waals surface area contributed by atoms with Crippen LogP contribution in [0.2, 0.25) is 0 Å². The molecule has 1 aromatic rings. The van der Waals surface area contributed by atoms with Gasteiger partial charge in [-0.1, -0.05) is 36.3 Å². The van der Waals surface area contributed by atoms with Crippen LogP contribution in [0.25, 0.3) is 0 Å². The lowest BCUT2D eigenvalue weighted by Gasteiger charge is -2.17. The molecule has 19 heavy (non-hydrogen) atoms. The molecule has 0 bridgehead atoms. The summed E-state index contributed by atoms with van der Waals surface area (Å²) in [6, 6.07) is 6.77. The monoisotopic (exact) mass is 280 g/mol. The number of allylic oxidation sites excluding steroid dienone is 1. The van der Waals surface area contributed by atoms with Crippen molar-refractivity contribution >= 4 is 10.1 Å². The summed E-state index contributed by atoms with van der Waals surface area (Å²) in [5.74, 6) is 0. The molecule has 0 saturated heterocycles. The maximum atomic E-state index is 12.2. The van der Waals surface area contributed by atoms with Crippen LogP contribution < -0.4 is 0 Å². The molecule has 0 N–H and O–H groups in total. The fourth-order valence-electron chi connectivity index (χ4n) is 2.14. The van der Waals surface area contributed by atoms with Gasteiger partial charge in [0, 0.05) is 0 Å². The van der Waals surface area contributed by atoms with Gasteiger partial charge in [0.2, 0.25) is 0 Å². The highest BCUT2D eigenvalue weighted by molar-refractivity contribution is 7.86. The van der Waals surface area contributed by atoms with Crippen molar-refractivity contribution in [1.82, 2.24) is 0 Å². The maximum Gasteiger partial charge on any atom is 0.297 e. The van der Waals surface area contributed by atoms with E-state index in [1.54, 1.807) is 24.3 Å². The number of rotatable bonds is 3. The minimum atomic E-state index is -3.64. The van der Waals surface area contributed by atoms with Crippen molar-refractivity contribution in [3.63, 3.8) is 0 Å². The van der Waals surface area contributed by atoms with Gasteiger partial charge in [-0.15, -0.1) is 0 Å². The second-order valence-electron chi connectivity index (χ2n) is 4.98. The number of benzene rings is 1. The van der Waals surface area contributed by atoms with Gasteiger partial charge in [0.15, 0.2) is 0 Å². The molecule has 1 aliphatic carbocycles. The minimum absolute atomic E-state index is 0.233. The predicted octanol–water partition coefficient (Wildman–Crippen LogP) is 3.59. The Morgan fingerprint density at radius 1 is 1.11 bits per heavy atom. The van der Waals surface area contributed by atoms with E-state index < -0.39 is 10.1 Å². The Hall–Kier alpha value is -1.13. The molecule has 0 aliphatic heterocycles. The average molecular weight is 280 g/mol. The third-order valence-corrected chi connectivity index (χ3v) is 4.66. The largest absolute Gasteiger partial charge is 0.297 e. The Labute approximate surface area is 115 Å². The van der Waals surface area contributed by atoms with E-state index in [1.807, 2.05) is 13.0 Å². The summed E-state index contributed by atoms with van der Waals surface area (Å²) in [6.45, 7) is 1.93. The SMILES string of the molecule is Cc1ccc(S(=O)(=O)OC2C/C=C\CCCC2)cc1. The summed E-state index contributed by atoms with van der Waals surface area (Å²) in [5, 5.41) is 0. The van der Waals surface area contributed by atoms with Crippen LogP contribution in [-0.4, -0.2) is 14.5 Å². The predicted molar refractivity (Wildman–Crippen MR) is 75.5 cm³/mol. The normalized spacial score (nSPS) is 22.5. The van der Waals surface area contributed by atoms with Crippen LogP contribution in [0.3, 0.4) is 0 Å². The van der Waals surface area contributed by atoms with Gasteiger partial charge in [-0.25, -0.2) is 0 Å². The summed E-state index contributed by atoms with van der Waals surface area (Å²) in [6.07, 6.45) is 8.56. The molecule has 0 amide bonds. The van der Waals surface area contributed by atoms with Crippen LogP contribution in [0.15, 0.2) is 41.3 Å². The number of hydrogen-bond acceptors (Lipinski definition) is 3. The molecule has 0 aromatic heterocycles. The standard InChI is InChI=1S/C15H20O3S/c1-13-9-11-15(12-10-13)19(16,17)18-14-7-5-3-2-4-6-8-14/h3,5,9-12,14H,2,4,6-8H2,1H3/b5-3-. The Bertz CT molecular complexity index is 529. The average Bonchev–Trinajstić information content (AvgIpc) is 2.33. The fraction of sp³-hybridized carbons (Fsp3) is 0.467. The van der Waals surface area contributed by atoms with Crippen molar-refractivity contribution in [3.05, 3.63) is 42.0 Å². The molecule has 4 heteroatoms. The van der Waals surface area contributed by atoms with Gasteiger partial charge in [-0.05, 0) is 44.7 Å². The maximum absolute atomic E-state index is 12.2. The lowest BCUT2D eigenvalue weighted by molar-refractivity contribution is 0.196. The molecule has 1 atom stereocenters. The van der Waals surface area contributed by atoms with Gasteiger partial charge in [-0.2, -0.15) is 8.42 Å². The van der Waals surface area contributed by atoms with E-state index in [1.165, 1.54) is 0 Å². The molecule has 2 rings (SSSR count). The highest BCUT2D eigenvalue weighted by Crippen LogP contribution is 2.21. The summed E-state index contributed by atoms with van der Waals surface area (Å²) >= 11 is 0. The van der Waals surface area contributed by atoms with Gasteiger partial charge < -0.3 is 0 Å². The van der Waals surface area contributed by atoms with Crippen molar-refractivity contribution in [2.75, 3.05) is 0 Å². The second-order valence-corrected chi connectivity index (χ2v) is 6.55. The van der Waals surface area contributed by atoms with Crippen LogP contribution in [-0.2, 0) is 14.3 Å². The first kappa shape index (κ1) is 14.3. The third kappa shape index (κ3) is 4.18. The molecule has 0 spiro atoms. The van der Waals surface area contributed by atoms with Crippen molar-refractivity contribution < 1.29 is 12.6 Å². The van der Waals surface area contributed by atoms with Crippen LogP contribution in [0, 0.1) is 6.92 Å². The lowest BCUT2D eigenvalue weighted by Crippen LogP contribution is -2.18. The molecule has 104 valence electrons. The Morgan fingerprint density at radius 2 is 1.84 bits per heavy atom. The van der Waals surface area contributed by atoms with Crippen LogP contribution in [0.1, 0.15) is 37.7 Å². The first-order valence-electron chi connectivity index (χ1n) is 6.73. The van der Waals surface area contributed by atoms with Gasteiger partial charge in [0.25, 0.3) is 10.1 Å². The molecule has 1 aliphatic rings. The van der Waals surface area contributed by atoms with Gasteiger partial charge in [-0.3, -0.25) is 4.18 Å². The first-order chi connectivity index (χ1) is 9.08. The zero-order valence-corrected chi connectivity index (χ0v) is 12.0. The zero-order valence-electron chi connectivity index (χ0n) is 11.2. The molecule has 0 fully saturated rings.